The van der Waals surface area contributed by atoms with E-state index in [2.05, 4.69) is 20.9 Å². The summed E-state index contributed by atoms with van der Waals surface area (Å²) in [6.45, 7) is 2.08. The van der Waals surface area contributed by atoms with Gasteiger partial charge < -0.3 is 15.7 Å². The van der Waals surface area contributed by atoms with Crippen LogP contribution in [0.25, 0.3) is 0 Å². The van der Waals surface area contributed by atoms with E-state index >= 15 is 0 Å². The van der Waals surface area contributed by atoms with Crippen LogP contribution in [-0.4, -0.2) is 37.6 Å². The maximum Gasteiger partial charge on any atom is 0.329 e. The van der Waals surface area contributed by atoms with Gasteiger partial charge in [0.15, 0.2) is 0 Å². The zero-order valence-corrected chi connectivity index (χ0v) is 12.3. The van der Waals surface area contributed by atoms with E-state index in [1.165, 1.54) is 4.68 Å². The normalized spacial score (nSPS) is 25.3. The van der Waals surface area contributed by atoms with Crippen molar-refractivity contribution in [3.63, 3.8) is 0 Å². The molecule has 0 aliphatic heterocycles. The van der Waals surface area contributed by atoms with Crippen molar-refractivity contribution in [3.05, 3.63) is 11.9 Å². The number of carbonyl (C=O) groups excluding carboxylic acids is 1. The number of hydrogen-bond donors (Lipinski definition) is 3. The van der Waals surface area contributed by atoms with E-state index in [4.69, 9.17) is 0 Å². The Morgan fingerprint density at radius 1 is 1.52 bits per heavy atom. The molecule has 2 rings (SSSR count). The van der Waals surface area contributed by atoms with Gasteiger partial charge in [-0.05, 0) is 18.8 Å². The first-order valence-electron chi connectivity index (χ1n) is 7.08. The number of carbonyl (C=O) groups is 2. The second kappa shape index (κ2) is 6.11. The summed E-state index contributed by atoms with van der Waals surface area (Å²) in [5, 5.41) is 22.4. The van der Waals surface area contributed by atoms with E-state index in [9.17, 15) is 14.7 Å². The Kier molecular flexibility index (Phi) is 4.44. The van der Waals surface area contributed by atoms with Crippen molar-refractivity contribution >= 4 is 12.0 Å². The number of aryl methyl sites for hydroxylation is 1. The molecular formula is C13H21N5O3. The zero-order valence-electron chi connectivity index (χ0n) is 12.3. The van der Waals surface area contributed by atoms with Gasteiger partial charge in [-0.3, -0.25) is 4.68 Å². The van der Waals surface area contributed by atoms with Crippen molar-refractivity contribution in [2.45, 2.75) is 44.7 Å². The Balaban J connectivity index is 1.97. The second-order valence-electron chi connectivity index (χ2n) is 5.61. The van der Waals surface area contributed by atoms with E-state index in [1.54, 1.807) is 13.2 Å². The Hall–Kier alpha value is -2.12. The lowest BCUT2D eigenvalue weighted by Crippen LogP contribution is -2.61. The largest absolute Gasteiger partial charge is 0.479 e. The van der Waals surface area contributed by atoms with E-state index < -0.39 is 17.5 Å². The minimum atomic E-state index is -1.18. The van der Waals surface area contributed by atoms with E-state index in [-0.39, 0.29) is 12.5 Å². The van der Waals surface area contributed by atoms with Gasteiger partial charge in [-0.2, -0.15) is 0 Å². The number of nitrogens with zero attached hydrogens (tertiary/aromatic N) is 3. The van der Waals surface area contributed by atoms with Gasteiger partial charge in [0, 0.05) is 13.2 Å². The van der Waals surface area contributed by atoms with Crippen LogP contribution in [0.2, 0.25) is 0 Å². The zero-order chi connectivity index (χ0) is 15.5. The lowest BCUT2D eigenvalue weighted by atomic mass is 9.73. The highest BCUT2D eigenvalue weighted by Gasteiger charge is 2.46. The van der Waals surface area contributed by atoms with Crippen LogP contribution >= 0.6 is 0 Å². The molecule has 0 radical (unpaired) electrons. The minimum absolute atomic E-state index is 0.0917. The molecular weight excluding hydrogens is 274 g/mol. The van der Waals surface area contributed by atoms with Gasteiger partial charge in [-0.15, -0.1) is 5.10 Å². The van der Waals surface area contributed by atoms with Crippen molar-refractivity contribution in [3.8, 4) is 0 Å². The number of carboxylic acid groups (broad SMARTS) is 1. The first-order valence-corrected chi connectivity index (χ1v) is 7.08. The molecule has 1 saturated carbocycles. The summed E-state index contributed by atoms with van der Waals surface area (Å²) in [4.78, 5) is 23.6. The summed E-state index contributed by atoms with van der Waals surface area (Å²) in [7, 11) is 1.74. The predicted molar refractivity (Wildman–Crippen MR) is 74.4 cm³/mol. The van der Waals surface area contributed by atoms with Gasteiger partial charge in [0.1, 0.15) is 11.2 Å². The highest BCUT2D eigenvalue weighted by molar-refractivity contribution is 5.86. The fraction of sp³-hybridized carbons (Fsp3) is 0.692. The summed E-state index contributed by atoms with van der Waals surface area (Å²) in [6.07, 6.45) is 4.76. The molecule has 1 aliphatic rings. The molecule has 1 aromatic heterocycles. The molecule has 0 saturated heterocycles. The molecule has 1 fully saturated rings. The molecule has 2 atom stereocenters. The first-order chi connectivity index (χ1) is 9.94. The van der Waals surface area contributed by atoms with Crippen LogP contribution in [0.1, 0.15) is 38.3 Å². The van der Waals surface area contributed by atoms with Gasteiger partial charge >= 0.3 is 12.0 Å². The van der Waals surface area contributed by atoms with Crippen LogP contribution in [0.15, 0.2) is 6.20 Å². The Bertz CT molecular complexity index is 530. The van der Waals surface area contributed by atoms with Crippen LogP contribution in [0.4, 0.5) is 4.79 Å². The molecule has 0 bridgehead atoms. The number of nitrogens with one attached hydrogen (secondary N) is 2. The average molecular weight is 295 g/mol. The van der Waals surface area contributed by atoms with Crippen LogP contribution in [0, 0.1) is 5.92 Å². The van der Waals surface area contributed by atoms with Crippen LogP contribution in [0.5, 0.6) is 0 Å². The van der Waals surface area contributed by atoms with E-state index in [0.717, 1.165) is 19.3 Å². The smallest absolute Gasteiger partial charge is 0.329 e. The minimum Gasteiger partial charge on any atom is -0.479 e. The SMILES string of the molecule is CC1CCCCC1(NC(=O)NCc1cn(C)nn1)C(=O)O. The van der Waals surface area contributed by atoms with Crippen molar-refractivity contribution in [2.75, 3.05) is 0 Å². The number of aromatic nitrogens is 3. The van der Waals surface area contributed by atoms with Crippen molar-refractivity contribution < 1.29 is 14.7 Å². The number of hydrogen-bond acceptors (Lipinski definition) is 4. The quantitative estimate of drug-likeness (QED) is 0.755. The molecule has 2 unspecified atom stereocenters. The summed E-state index contributed by atoms with van der Waals surface area (Å²) in [6, 6.07) is -0.489. The molecule has 1 heterocycles. The molecule has 0 spiro atoms. The lowest BCUT2D eigenvalue weighted by molar-refractivity contribution is -0.148. The third-order valence-corrected chi connectivity index (χ3v) is 4.10. The first kappa shape index (κ1) is 15.3. The van der Waals surface area contributed by atoms with Crippen LogP contribution < -0.4 is 10.6 Å². The van der Waals surface area contributed by atoms with Gasteiger partial charge in [-0.1, -0.05) is 25.0 Å². The van der Waals surface area contributed by atoms with E-state index in [0.29, 0.717) is 12.1 Å². The molecule has 1 aromatic rings. The van der Waals surface area contributed by atoms with Gasteiger partial charge in [0.05, 0.1) is 6.54 Å². The van der Waals surface area contributed by atoms with Gasteiger partial charge in [0.2, 0.25) is 0 Å². The van der Waals surface area contributed by atoms with Crippen molar-refractivity contribution in [2.24, 2.45) is 13.0 Å². The number of urea groups is 1. The van der Waals surface area contributed by atoms with Gasteiger partial charge in [0.25, 0.3) is 0 Å². The molecule has 8 nitrogen and oxygen atoms in total. The van der Waals surface area contributed by atoms with Crippen LogP contribution in [0.3, 0.4) is 0 Å². The Morgan fingerprint density at radius 2 is 2.29 bits per heavy atom. The predicted octanol–water partition coefficient (Wildman–Crippen LogP) is 0.648. The monoisotopic (exact) mass is 295 g/mol. The van der Waals surface area contributed by atoms with Crippen LogP contribution in [-0.2, 0) is 18.4 Å². The standard InChI is InChI=1S/C13H21N5O3/c1-9-5-3-4-6-13(9,11(19)20)15-12(21)14-7-10-8-18(2)17-16-10/h8-9H,3-7H2,1-2H3,(H,19,20)(H2,14,15,21). The molecule has 0 aromatic carbocycles. The summed E-state index contributed by atoms with van der Waals surface area (Å²) < 4.78 is 1.54. The topological polar surface area (TPSA) is 109 Å². The number of aliphatic carboxylic acids is 1. The Morgan fingerprint density at radius 3 is 2.86 bits per heavy atom. The average Bonchev–Trinajstić information content (AvgIpc) is 2.85. The third-order valence-electron chi connectivity index (χ3n) is 4.10. The van der Waals surface area contributed by atoms with E-state index in [1.807, 2.05) is 6.92 Å². The van der Waals surface area contributed by atoms with Crippen molar-refractivity contribution in [1.29, 1.82) is 0 Å². The fourth-order valence-electron chi connectivity index (χ4n) is 2.80. The second-order valence-corrected chi connectivity index (χ2v) is 5.61. The molecule has 8 heteroatoms. The highest BCUT2D eigenvalue weighted by Crippen LogP contribution is 2.33. The summed E-state index contributed by atoms with van der Waals surface area (Å²) in [5.74, 6) is -1.06. The summed E-state index contributed by atoms with van der Waals surface area (Å²) >= 11 is 0. The maximum atomic E-state index is 12.0. The molecule has 3 N–H and O–H groups in total. The number of carboxylic acids is 1. The molecule has 116 valence electrons. The molecule has 1 aliphatic carbocycles. The number of rotatable bonds is 4. The highest BCUT2D eigenvalue weighted by atomic mass is 16.4. The summed E-state index contributed by atoms with van der Waals surface area (Å²) in [5.41, 5.74) is -0.557. The lowest BCUT2D eigenvalue weighted by Gasteiger charge is -2.39. The number of amides is 2. The maximum absolute atomic E-state index is 12.0. The third kappa shape index (κ3) is 3.32. The Labute approximate surface area is 122 Å². The fourth-order valence-corrected chi connectivity index (χ4v) is 2.80. The molecule has 2 amide bonds. The molecule has 21 heavy (non-hydrogen) atoms. The van der Waals surface area contributed by atoms with Crippen molar-refractivity contribution in [1.82, 2.24) is 25.6 Å². The van der Waals surface area contributed by atoms with Gasteiger partial charge in [-0.25, -0.2) is 9.59 Å².